The Kier molecular flexibility index (Phi) is 3.95. The van der Waals surface area contributed by atoms with Crippen LogP contribution in [0.15, 0.2) is 12.7 Å². The first-order valence-corrected chi connectivity index (χ1v) is 3.77. The normalized spacial score (nSPS) is 16.1. The minimum absolute atomic E-state index is 0.964. The third kappa shape index (κ3) is 3.34. The molecule has 0 aliphatic carbocycles. The lowest BCUT2D eigenvalue weighted by Gasteiger charge is -2.29. The molecule has 0 aromatic heterocycles. The zero-order chi connectivity index (χ0) is 11.4. The zero-order valence-electron chi connectivity index (χ0n) is 7.89. The smallest absolute Gasteiger partial charge is 0.450 e. The Morgan fingerprint density at radius 1 is 1.43 bits per heavy atom. The van der Waals surface area contributed by atoms with Gasteiger partial charge in [0.15, 0.2) is 5.60 Å². The fourth-order valence-corrected chi connectivity index (χ4v) is 0.747. The maximum absolute atomic E-state index is 10.3. The molecule has 6 nitrogen and oxygen atoms in total. The van der Waals surface area contributed by atoms with Gasteiger partial charge in [-0.3, -0.25) is 0 Å². The molecule has 0 heterocycles. The first kappa shape index (κ1) is 12.3. The molecule has 2 unspecified atom stereocenters. The van der Waals surface area contributed by atoms with Gasteiger partial charge in [-0.2, -0.15) is 0 Å². The number of carboxylic acid groups (broad SMARTS) is 2. The molecule has 0 aliphatic rings. The number of rotatable bonds is 4. The van der Waals surface area contributed by atoms with E-state index in [1.165, 1.54) is 19.9 Å². The van der Waals surface area contributed by atoms with Gasteiger partial charge in [0.1, 0.15) is 6.10 Å². The summed E-state index contributed by atoms with van der Waals surface area (Å²) in [7, 11) is 0. The molecule has 80 valence electrons. The van der Waals surface area contributed by atoms with E-state index in [-0.39, 0.29) is 0 Å². The Balaban J connectivity index is 4.57. The molecular formula is C8H12O6. The number of hydrogen-bond donors (Lipinski definition) is 2. The van der Waals surface area contributed by atoms with E-state index in [1.54, 1.807) is 0 Å². The molecule has 6 heteroatoms. The van der Waals surface area contributed by atoms with Gasteiger partial charge >= 0.3 is 12.3 Å². The highest BCUT2D eigenvalue weighted by molar-refractivity contribution is 5.59. The van der Waals surface area contributed by atoms with Gasteiger partial charge in [-0.05, 0) is 19.9 Å². The average molecular weight is 204 g/mol. The summed E-state index contributed by atoms with van der Waals surface area (Å²) in [4.78, 5) is 20.5. The van der Waals surface area contributed by atoms with E-state index < -0.39 is 24.0 Å². The van der Waals surface area contributed by atoms with Gasteiger partial charge in [-0.1, -0.05) is 6.58 Å². The fourth-order valence-electron chi connectivity index (χ4n) is 0.747. The molecular weight excluding hydrogens is 192 g/mol. The SMILES string of the molecule is C=CC(C)(OC(=O)O)C(C)OC(=O)O. The Bertz CT molecular complexity index is 248. The van der Waals surface area contributed by atoms with Crippen LogP contribution in [-0.2, 0) is 9.47 Å². The van der Waals surface area contributed by atoms with Crippen LogP contribution in [0.4, 0.5) is 9.59 Å². The third-order valence-corrected chi connectivity index (χ3v) is 1.80. The lowest BCUT2D eigenvalue weighted by atomic mass is 10.0. The van der Waals surface area contributed by atoms with Crippen molar-refractivity contribution in [1.82, 2.24) is 0 Å². The van der Waals surface area contributed by atoms with Crippen molar-refractivity contribution in [2.24, 2.45) is 0 Å². The van der Waals surface area contributed by atoms with Crippen LogP contribution < -0.4 is 0 Å². The van der Waals surface area contributed by atoms with Crippen LogP contribution >= 0.6 is 0 Å². The quantitative estimate of drug-likeness (QED) is 0.534. The summed E-state index contributed by atoms with van der Waals surface area (Å²) in [5.41, 5.74) is -1.38. The number of hydrogen-bond acceptors (Lipinski definition) is 4. The number of carbonyl (C=O) groups is 2. The second kappa shape index (κ2) is 4.50. The summed E-state index contributed by atoms with van der Waals surface area (Å²) < 4.78 is 8.82. The third-order valence-electron chi connectivity index (χ3n) is 1.80. The van der Waals surface area contributed by atoms with E-state index >= 15 is 0 Å². The van der Waals surface area contributed by atoms with Gasteiger partial charge in [0.2, 0.25) is 0 Å². The van der Waals surface area contributed by atoms with Gasteiger partial charge in [-0.25, -0.2) is 9.59 Å². The molecule has 2 atom stereocenters. The molecule has 2 N–H and O–H groups in total. The Morgan fingerprint density at radius 3 is 2.21 bits per heavy atom. The zero-order valence-corrected chi connectivity index (χ0v) is 7.89. The number of ether oxygens (including phenoxy) is 2. The van der Waals surface area contributed by atoms with Crippen LogP contribution in [0.1, 0.15) is 13.8 Å². The molecule has 0 bridgehead atoms. The summed E-state index contributed by atoms with van der Waals surface area (Å²) in [6.07, 6.45) is -2.81. The van der Waals surface area contributed by atoms with Gasteiger partial charge < -0.3 is 19.7 Å². The molecule has 0 spiro atoms. The Morgan fingerprint density at radius 2 is 1.93 bits per heavy atom. The minimum atomic E-state index is -1.52. The summed E-state index contributed by atoms with van der Waals surface area (Å²) in [6.45, 7) is 6.09. The highest BCUT2D eigenvalue weighted by Crippen LogP contribution is 2.20. The molecule has 0 amide bonds. The molecule has 0 aromatic rings. The van der Waals surface area contributed by atoms with E-state index in [4.69, 9.17) is 10.2 Å². The lowest BCUT2D eigenvalue weighted by Crippen LogP contribution is -2.42. The summed E-state index contributed by atoms with van der Waals surface area (Å²) >= 11 is 0. The van der Waals surface area contributed by atoms with E-state index in [0.717, 1.165) is 0 Å². The van der Waals surface area contributed by atoms with Crippen molar-refractivity contribution < 1.29 is 29.3 Å². The second-order valence-electron chi connectivity index (χ2n) is 2.78. The van der Waals surface area contributed by atoms with Gasteiger partial charge in [0.05, 0.1) is 0 Å². The summed E-state index contributed by atoms with van der Waals surface area (Å²) in [5, 5.41) is 16.7. The van der Waals surface area contributed by atoms with Crippen LogP contribution in [0.25, 0.3) is 0 Å². The molecule has 0 saturated heterocycles. The first-order valence-electron chi connectivity index (χ1n) is 3.77. The summed E-state index contributed by atoms with van der Waals surface area (Å²) in [6, 6.07) is 0. The van der Waals surface area contributed by atoms with Gasteiger partial charge in [-0.15, -0.1) is 0 Å². The van der Waals surface area contributed by atoms with E-state index in [2.05, 4.69) is 16.1 Å². The Labute approximate surface area is 80.7 Å². The highest BCUT2D eigenvalue weighted by Gasteiger charge is 2.35. The van der Waals surface area contributed by atoms with Gasteiger partial charge in [0, 0.05) is 0 Å². The van der Waals surface area contributed by atoms with E-state index in [1.807, 2.05) is 0 Å². The second-order valence-corrected chi connectivity index (χ2v) is 2.78. The van der Waals surface area contributed by atoms with Crippen molar-refractivity contribution in [3.63, 3.8) is 0 Å². The average Bonchev–Trinajstić information content (AvgIpc) is 2.01. The molecule has 0 aliphatic heterocycles. The van der Waals surface area contributed by atoms with Crippen LogP contribution in [0.2, 0.25) is 0 Å². The predicted octanol–water partition coefficient (Wildman–Crippen LogP) is 1.71. The van der Waals surface area contributed by atoms with Crippen LogP contribution in [-0.4, -0.2) is 34.2 Å². The maximum Gasteiger partial charge on any atom is 0.506 e. The molecule has 0 fully saturated rings. The van der Waals surface area contributed by atoms with Crippen LogP contribution in [0.3, 0.4) is 0 Å². The molecule has 0 aromatic carbocycles. The van der Waals surface area contributed by atoms with E-state index in [0.29, 0.717) is 0 Å². The molecule has 0 radical (unpaired) electrons. The van der Waals surface area contributed by atoms with Gasteiger partial charge in [0.25, 0.3) is 0 Å². The van der Waals surface area contributed by atoms with Crippen molar-refractivity contribution in [3.8, 4) is 0 Å². The molecule has 14 heavy (non-hydrogen) atoms. The van der Waals surface area contributed by atoms with Crippen molar-refractivity contribution in [2.75, 3.05) is 0 Å². The van der Waals surface area contributed by atoms with Crippen molar-refractivity contribution in [2.45, 2.75) is 25.6 Å². The monoisotopic (exact) mass is 204 g/mol. The highest BCUT2D eigenvalue weighted by atomic mass is 16.7. The van der Waals surface area contributed by atoms with Crippen molar-refractivity contribution in [3.05, 3.63) is 12.7 Å². The molecule has 0 rings (SSSR count). The molecule has 0 saturated carbocycles. The minimum Gasteiger partial charge on any atom is -0.450 e. The lowest BCUT2D eigenvalue weighted by molar-refractivity contribution is -0.0646. The van der Waals surface area contributed by atoms with E-state index in [9.17, 15) is 9.59 Å². The topological polar surface area (TPSA) is 93.1 Å². The van der Waals surface area contributed by atoms with Crippen LogP contribution in [0, 0.1) is 0 Å². The first-order chi connectivity index (χ1) is 6.31. The van der Waals surface area contributed by atoms with Crippen molar-refractivity contribution >= 4 is 12.3 Å². The largest absolute Gasteiger partial charge is 0.506 e. The predicted molar refractivity (Wildman–Crippen MR) is 46.3 cm³/mol. The van der Waals surface area contributed by atoms with Crippen molar-refractivity contribution in [1.29, 1.82) is 0 Å². The fraction of sp³-hybridized carbons (Fsp3) is 0.500. The van der Waals surface area contributed by atoms with Crippen LogP contribution in [0.5, 0.6) is 0 Å². The standard InChI is InChI=1S/C8H12O6/c1-4-8(3,14-7(11)12)5(2)13-6(9)10/h4-5H,1H2,2-3H3,(H,9,10)(H,11,12). The maximum atomic E-state index is 10.3. The Hall–Kier alpha value is -1.72. The summed E-state index contributed by atoms with van der Waals surface area (Å²) in [5.74, 6) is 0.